The Balaban J connectivity index is 1.56. The Hall–Kier alpha value is -3.09. The summed E-state index contributed by atoms with van der Waals surface area (Å²) in [4.78, 5) is 8.89. The van der Waals surface area contributed by atoms with Gasteiger partial charge in [-0.05, 0) is 51.8 Å². The number of guanidine groups is 1. The smallest absolute Gasteiger partial charge is 0.226 e. The number of hydrogen-bond donors (Lipinski definition) is 2. The number of aromatic nitrogens is 3. The lowest BCUT2D eigenvalue weighted by molar-refractivity contribution is 0.571. The summed E-state index contributed by atoms with van der Waals surface area (Å²) in [7, 11) is 3.75. The van der Waals surface area contributed by atoms with E-state index in [0.29, 0.717) is 12.4 Å². The van der Waals surface area contributed by atoms with Crippen LogP contribution in [0.2, 0.25) is 0 Å². The molecule has 0 aliphatic heterocycles. The standard InChI is InChI=1S/C22H30N6O/c1-14-7-9-18(10-8-14)21-26-19(13-29-21)12-24-22(23-5)25-15(2)11-20-16(3)27-28(6)17(20)4/h7-10,13,15H,11-12H2,1-6H3,(H2,23,24,25). The van der Waals surface area contributed by atoms with Crippen LogP contribution in [0, 0.1) is 20.8 Å². The minimum absolute atomic E-state index is 0.211. The molecule has 3 aromatic rings. The van der Waals surface area contributed by atoms with Crippen LogP contribution in [0.5, 0.6) is 0 Å². The van der Waals surface area contributed by atoms with Crippen molar-refractivity contribution in [1.82, 2.24) is 25.4 Å². The van der Waals surface area contributed by atoms with Crippen LogP contribution in [0.25, 0.3) is 11.5 Å². The summed E-state index contributed by atoms with van der Waals surface area (Å²) in [5.74, 6) is 1.36. The number of hydrogen-bond acceptors (Lipinski definition) is 4. The lowest BCUT2D eigenvalue weighted by atomic mass is 10.1. The molecule has 2 heterocycles. The predicted octanol–water partition coefficient (Wildman–Crippen LogP) is 3.30. The van der Waals surface area contributed by atoms with E-state index in [2.05, 4.69) is 65.5 Å². The first-order valence-electron chi connectivity index (χ1n) is 9.85. The van der Waals surface area contributed by atoms with Crippen LogP contribution >= 0.6 is 0 Å². The zero-order chi connectivity index (χ0) is 21.0. The van der Waals surface area contributed by atoms with Crippen molar-refractivity contribution in [2.75, 3.05) is 7.05 Å². The minimum Gasteiger partial charge on any atom is -0.444 e. The van der Waals surface area contributed by atoms with Crippen LogP contribution in [0.1, 0.15) is 35.1 Å². The monoisotopic (exact) mass is 394 g/mol. The number of aryl methyl sites for hydroxylation is 3. The summed E-state index contributed by atoms with van der Waals surface area (Å²) in [6.45, 7) is 8.89. The van der Waals surface area contributed by atoms with Crippen molar-refractivity contribution in [3.8, 4) is 11.5 Å². The molecule has 0 amide bonds. The fraction of sp³-hybridized carbons (Fsp3) is 0.409. The Morgan fingerprint density at radius 1 is 1.21 bits per heavy atom. The first-order chi connectivity index (χ1) is 13.9. The Morgan fingerprint density at radius 3 is 2.55 bits per heavy atom. The highest BCUT2D eigenvalue weighted by Gasteiger charge is 2.14. The molecule has 0 radical (unpaired) electrons. The fourth-order valence-corrected chi connectivity index (χ4v) is 3.29. The van der Waals surface area contributed by atoms with Gasteiger partial charge in [0.15, 0.2) is 5.96 Å². The molecule has 0 fully saturated rings. The maximum Gasteiger partial charge on any atom is 0.226 e. The van der Waals surface area contributed by atoms with Crippen molar-refractivity contribution in [3.05, 3.63) is 58.7 Å². The molecule has 1 aromatic carbocycles. The van der Waals surface area contributed by atoms with Gasteiger partial charge in [0, 0.05) is 31.4 Å². The maximum absolute atomic E-state index is 5.62. The molecule has 0 saturated heterocycles. The molecular weight excluding hydrogens is 364 g/mol. The number of aliphatic imine (C=N–C) groups is 1. The molecule has 2 aromatic heterocycles. The molecule has 0 aliphatic carbocycles. The molecule has 2 N–H and O–H groups in total. The second-order valence-electron chi connectivity index (χ2n) is 7.46. The summed E-state index contributed by atoms with van der Waals surface area (Å²) in [5, 5.41) is 11.2. The average Bonchev–Trinajstić information content (AvgIpc) is 3.26. The van der Waals surface area contributed by atoms with E-state index in [1.165, 1.54) is 16.8 Å². The van der Waals surface area contributed by atoms with Crippen molar-refractivity contribution in [3.63, 3.8) is 0 Å². The molecule has 1 atom stereocenters. The first kappa shape index (κ1) is 20.6. The molecule has 29 heavy (non-hydrogen) atoms. The zero-order valence-corrected chi connectivity index (χ0v) is 18.1. The molecule has 154 valence electrons. The molecule has 3 rings (SSSR count). The quantitative estimate of drug-likeness (QED) is 0.495. The van der Waals surface area contributed by atoms with Gasteiger partial charge < -0.3 is 15.1 Å². The molecule has 7 heteroatoms. The van der Waals surface area contributed by atoms with Crippen LogP contribution in [0.3, 0.4) is 0 Å². The van der Waals surface area contributed by atoms with Crippen molar-refractivity contribution in [2.45, 2.75) is 46.7 Å². The van der Waals surface area contributed by atoms with Gasteiger partial charge in [0.2, 0.25) is 5.89 Å². The Morgan fingerprint density at radius 2 is 1.93 bits per heavy atom. The highest BCUT2D eigenvalue weighted by Crippen LogP contribution is 2.19. The topological polar surface area (TPSA) is 80.3 Å². The molecule has 0 bridgehead atoms. The van der Waals surface area contributed by atoms with E-state index in [-0.39, 0.29) is 6.04 Å². The third-order valence-corrected chi connectivity index (χ3v) is 5.06. The third-order valence-electron chi connectivity index (χ3n) is 5.06. The third kappa shape index (κ3) is 5.04. The Kier molecular flexibility index (Phi) is 6.36. The Labute approximate surface area is 172 Å². The highest BCUT2D eigenvalue weighted by atomic mass is 16.3. The molecule has 0 aliphatic rings. The van der Waals surface area contributed by atoms with Gasteiger partial charge >= 0.3 is 0 Å². The second-order valence-corrected chi connectivity index (χ2v) is 7.46. The second kappa shape index (κ2) is 8.94. The maximum atomic E-state index is 5.62. The Bertz CT molecular complexity index is 983. The van der Waals surface area contributed by atoms with Crippen LogP contribution in [-0.4, -0.2) is 33.8 Å². The van der Waals surface area contributed by atoms with E-state index >= 15 is 0 Å². The van der Waals surface area contributed by atoms with E-state index in [9.17, 15) is 0 Å². The number of oxazole rings is 1. The largest absolute Gasteiger partial charge is 0.444 e. The van der Waals surface area contributed by atoms with Crippen LogP contribution in [-0.2, 0) is 20.0 Å². The van der Waals surface area contributed by atoms with E-state index in [0.717, 1.165) is 29.3 Å². The van der Waals surface area contributed by atoms with Gasteiger partial charge in [-0.2, -0.15) is 5.10 Å². The van der Waals surface area contributed by atoms with Gasteiger partial charge in [-0.1, -0.05) is 17.7 Å². The minimum atomic E-state index is 0.211. The lowest BCUT2D eigenvalue weighted by Crippen LogP contribution is -2.42. The fourth-order valence-electron chi connectivity index (χ4n) is 3.29. The molecule has 1 unspecified atom stereocenters. The van der Waals surface area contributed by atoms with Gasteiger partial charge in [-0.15, -0.1) is 0 Å². The summed E-state index contributed by atoms with van der Waals surface area (Å²) < 4.78 is 7.56. The average molecular weight is 395 g/mol. The van der Waals surface area contributed by atoms with Gasteiger partial charge in [-0.3, -0.25) is 9.67 Å². The normalized spacial score (nSPS) is 12.8. The predicted molar refractivity (Wildman–Crippen MR) is 116 cm³/mol. The van der Waals surface area contributed by atoms with Gasteiger partial charge in [-0.25, -0.2) is 4.98 Å². The molecule has 0 saturated carbocycles. The van der Waals surface area contributed by atoms with Crippen LogP contribution in [0.15, 0.2) is 39.9 Å². The van der Waals surface area contributed by atoms with Crippen molar-refractivity contribution < 1.29 is 4.42 Å². The first-order valence-corrected chi connectivity index (χ1v) is 9.85. The van der Waals surface area contributed by atoms with Crippen LogP contribution in [0.4, 0.5) is 0 Å². The zero-order valence-electron chi connectivity index (χ0n) is 18.1. The van der Waals surface area contributed by atoms with Crippen molar-refractivity contribution >= 4 is 5.96 Å². The summed E-state index contributed by atoms with van der Waals surface area (Å²) in [6.07, 6.45) is 2.56. The van der Waals surface area contributed by atoms with E-state index in [1.807, 2.05) is 23.9 Å². The highest BCUT2D eigenvalue weighted by molar-refractivity contribution is 5.79. The SMILES string of the molecule is CN=C(NCc1coc(-c2ccc(C)cc2)n1)NC(C)Cc1c(C)nn(C)c1C. The van der Waals surface area contributed by atoms with E-state index < -0.39 is 0 Å². The van der Waals surface area contributed by atoms with E-state index in [4.69, 9.17) is 4.42 Å². The summed E-state index contributed by atoms with van der Waals surface area (Å²) in [6, 6.07) is 8.35. The van der Waals surface area contributed by atoms with Crippen LogP contribution < -0.4 is 10.6 Å². The summed E-state index contributed by atoms with van der Waals surface area (Å²) in [5.41, 5.74) is 6.57. The number of nitrogens with one attached hydrogen (secondary N) is 2. The summed E-state index contributed by atoms with van der Waals surface area (Å²) >= 11 is 0. The molecule has 0 spiro atoms. The molecular formula is C22H30N6O. The molecule has 7 nitrogen and oxygen atoms in total. The number of rotatable bonds is 6. The van der Waals surface area contributed by atoms with Gasteiger partial charge in [0.1, 0.15) is 6.26 Å². The van der Waals surface area contributed by atoms with Gasteiger partial charge in [0.05, 0.1) is 17.9 Å². The van der Waals surface area contributed by atoms with Gasteiger partial charge in [0.25, 0.3) is 0 Å². The van der Waals surface area contributed by atoms with Crippen molar-refractivity contribution in [1.29, 1.82) is 0 Å². The van der Waals surface area contributed by atoms with E-state index in [1.54, 1.807) is 13.3 Å². The van der Waals surface area contributed by atoms with Crippen molar-refractivity contribution in [2.24, 2.45) is 12.0 Å². The number of nitrogens with zero attached hydrogens (tertiary/aromatic N) is 4. The lowest BCUT2D eigenvalue weighted by Gasteiger charge is -2.17. The number of benzene rings is 1.